The van der Waals surface area contributed by atoms with Crippen LogP contribution in [0.3, 0.4) is 0 Å². The van der Waals surface area contributed by atoms with Gasteiger partial charge in [0.25, 0.3) is 0 Å². The number of hydrogen-bond acceptors (Lipinski definition) is 4. The number of anilines is 1. The van der Waals surface area contributed by atoms with E-state index in [1.54, 1.807) is 48.5 Å². The van der Waals surface area contributed by atoms with E-state index in [0.29, 0.717) is 32.3 Å². The predicted octanol–water partition coefficient (Wildman–Crippen LogP) is 8.53. The summed E-state index contributed by atoms with van der Waals surface area (Å²) in [4.78, 5) is 59.3. The van der Waals surface area contributed by atoms with Crippen LogP contribution in [0.5, 0.6) is 0 Å². The van der Waals surface area contributed by atoms with Crippen LogP contribution in [0.15, 0.2) is 127 Å². The average Bonchev–Trinajstić information content (AvgIpc) is 3.62. The number of halogens is 3. The third-order valence-corrected chi connectivity index (χ3v) is 11.0. The van der Waals surface area contributed by atoms with Crippen molar-refractivity contribution in [1.29, 1.82) is 0 Å². The number of aromatic carboxylic acids is 1. The van der Waals surface area contributed by atoms with Gasteiger partial charge in [-0.3, -0.25) is 14.4 Å². The zero-order chi connectivity index (χ0) is 34.2. The first-order chi connectivity index (χ1) is 23.6. The minimum Gasteiger partial charge on any atom is -0.478 e. The third kappa shape index (κ3) is 4.15. The Balaban J connectivity index is 1.53. The fourth-order valence-electron chi connectivity index (χ4n) is 8.43. The molecule has 2 amide bonds. The number of allylic oxidation sites excluding steroid dienone is 2. The number of ketones is 1. The first-order valence-electron chi connectivity index (χ1n) is 15.5. The fraction of sp³-hybridized carbons (Fsp3) is 0.100. The van der Waals surface area contributed by atoms with Gasteiger partial charge in [-0.1, -0.05) is 120 Å². The van der Waals surface area contributed by atoms with Crippen molar-refractivity contribution in [3.63, 3.8) is 0 Å². The van der Waals surface area contributed by atoms with Gasteiger partial charge in [0.1, 0.15) is 0 Å². The summed E-state index contributed by atoms with van der Waals surface area (Å²) >= 11 is 19.0. The van der Waals surface area contributed by atoms with E-state index in [0.717, 1.165) is 16.0 Å². The summed E-state index contributed by atoms with van der Waals surface area (Å²) in [6.07, 6.45) is 0. The zero-order valence-corrected chi connectivity index (χ0v) is 27.7. The lowest BCUT2D eigenvalue weighted by atomic mass is 9.59. The molecule has 2 fully saturated rings. The molecule has 1 saturated carbocycles. The Morgan fingerprint density at radius 2 is 1.02 bits per heavy atom. The van der Waals surface area contributed by atoms with Crippen molar-refractivity contribution in [2.45, 2.75) is 10.8 Å². The van der Waals surface area contributed by atoms with E-state index >= 15 is 14.4 Å². The van der Waals surface area contributed by atoms with Crippen molar-refractivity contribution >= 4 is 75.2 Å². The van der Waals surface area contributed by atoms with E-state index < -0.39 is 40.4 Å². The Morgan fingerprint density at radius 1 is 0.592 bits per heavy atom. The summed E-state index contributed by atoms with van der Waals surface area (Å²) < 4.78 is 0. The Kier molecular flexibility index (Phi) is 7.20. The van der Waals surface area contributed by atoms with Gasteiger partial charge in [0.2, 0.25) is 11.8 Å². The summed E-state index contributed by atoms with van der Waals surface area (Å²) in [5.74, 6) is -5.24. The lowest BCUT2D eigenvalue weighted by molar-refractivity contribution is -0.130. The van der Waals surface area contributed by atoms with E-state index in [4.69, 9.17) is 34.8 Å². The highest BCUT2D eigenvalue weighted by molar-refractivity contribution is 6.39. The molecule has 3 aliphatic rings. The van der Waals surface area contributed by atoms with Crippen molar-refractivity contribution < 1.29 is 24.3 Å². The number of carbonyl (C=O) groups is 4. The largest absolute Gasteiger partial charge is 0.478 e. The number of fused-ring (bicyclic) bond motifs is 5. The van der Waals surface area contributed by atoms with Crippen LogP contribution in [0.4, 0.5) is 5.69 Å². The minimum absolute atomic E-state index is 0.0413. The van der Waals surface area contributed by atoms with Gasteiger partial charge in [0, 0.05) is 10.0 Å². The topological polar surface area (TPSA) is 91.8 Å². The number of hydrogen-bond donors (Lipinski definition) is 1. The van der Waals surface area contributed by atoms with E-state index in [2.05, 4.69) is 0 Å². The normalized spacial score (nSPS) is 24.1. The van der Waals surface area contributed by atoms with Crippen molar-refractivity contribution in [1.82, 2.24) is 0 Å². The fourth-order valence-corrected chi connectivity index (χ4v) is 8.88. The number of carboxylic acids is 1. The molecule has 9 heteroatoms. The molecule has 1 N–H and O–H groups in total. The van der Waals surface area contributed by atoms with Gasteiger partial charge in [0.05, 0.1) is 38.9 Å². The molecule has 0 aromatic heterocycles. The van der Waals surface area contributed by atoms with Crippen LogP contribution in [0, 0.1) is 11.8 Å². The molecule has 5 aromatic carbocycles. The second-order valence-electron chi connectivity index (χ2n) is 12.4. The highest BCUT2D eigenvalue weighted by Gasteiger charge is 2.82. The van der Waals surface area contributed by atoms with Crippen LogP contribution in [-0.2, 0) is 25.2 Å². The zero-order valence-electron chi connectivity index (χ0n) is 25.4. The molecule has 240 valence electrons. The SMILES string of the molecule is O=C(O)c1cc(N2C(=O)[C@@H]3[C@H](C2=O)[C@]2(c4ccc(Cl)cc4)C(=O)[C@@]3(c3ccc(Cl)cc3)C(c3ccccc3)=C2c2ccccc2)ccc1Cl. The number of carbonyl (C=O) groups excluding carboxylic acids is 3. The maximum atomic E-state index is 16.0. The van der Waals surface area contributed by atoms with Crippen molar-refractivity contribution in [3.05, 3.63) is 170 Å². The number of imide groups is 1. The molecule has 1 saturated heterocycles. The second-order valence-corrected chi connectivity index (χ2v) is 13.7. The number of rotatable bonds is 6. The highest BCUT2D eigenvalue weighted by atomic mass is 35.5. The van der Waals surface area contributed by atoms with Gasteiger partial charge in [-0.05, 0) is 75.9 Å². The van der Waals surface area contributed by atoms with Crippen LogP contribution in [0.2, 0.25) is 15.1 Å². The molecule has 1 aliphatic heterocycles. The molecule has 4 atom stereocenters. The van der Waals surface area contributed by atoms with Crippen molar-refractivity contribution in [3.8, 4) is 0 Å². The smallest absolute Gasteiger partial charge is 0.337 e. The lowest BCUT2D eigenvalue weighted by Crippen LogP contribution is -2.45. The van der Waals surface area contributed by atoms with E-state index in [1.165, 1.54) is 18.2 Å². The van der Waals surface area contributed by atoms with E-state index in [1.807, 2.05) is 60.7 Å². The first kappa shape index (κ1) is 31.3. The molecule has 0 spiro atoms. The summed E-state index contributed by atoms with van der Waals surface area (Å²) in [5.41, 5.74) is 0.208. The van der Waals surface area contributed by atoms with E-state index in [9.17, 15) is 9.90 Å². The van der Waals surface area contributed by atoms with Gasteiger partial charge in [-0.25, -0.2) is 9.69 Å². The molecule has 0 unspecified atom stereocenters. The first-order valence-corrected chi connectivity index (χ1v) is 16.6. The molecular weight excluding hydrogens is 681 g/mol. The Morgan fingerprint density at radius 3 is 1.43 bits per heavy atom. The van der Waals surface area contributed by atoms with E-state index in [-0.39, 0.29) is 22.1 Å². The molecule has 6 nitrogen and oxygen atoms in total. The molecule has 8 rings (SSSR count). The van der Waals surface area contributed by atoms with Crippen LogP contribution in [-0.4, -0.2) is 28.7 Å². The summed E-state index contributed by atoms with van der Waals surface area (Å²) in [6.45, 7) is 0. The maximum Gasteiger partial charge on any atom is 0.337 e. The number of carboxylic acid groups (broad SMARTS) is 1. The Hall–Kier alpha value is -5.01. The monoisotopic (exact) mass is 703 g/mol. The third-order valence-electron chi connectivity index (χ3n) is 10.2. The van der Waals surface area contributed by atoms with Crippen LogP contribution < -0.4 is 4.90 Å². The number of benzene rings is 5. The molecule has 2 aliphatic carbocycles. The Labute approximate surface area is 296 Å². The predicted molar refractivity (Wildman–Crippen MR) is 189 cm³/mol. The van der Waals surface area contributed by atoms with Crippen LogP contribution in [0.1, 0.15) is 32.6 Å². The molecule has 1 heterocycles. The van der Waals surface area contributed by atoms with Crippen molar-refractivity contribution in [2.24, 2.45) is 11.8 Å². The molecule has 49 heavy (non-hydrogen) atoms. The highest BCUT2D eigenvalue weighted by Crippen LogP contribution is 2.74. The standard InChI is InChI=1S/C40H24Cl3NO5/c41-26-15-11-24(12-16-26)39-31(22-7-3-1-4-8-22)32(23-9-5-2-6-10-23)40(38(39)49,25-13-17-27(42)18-14-25)34-33(39)35(45)44(36(34)46)28-19-20-30(43)29(21-28)37(47)48/h1-21,33-34H,(H,47,48)/t33-,34+,39-,40+. The van der Waals surface area contributed by atoms with Gasteiger partial charge in [0.15, 0.2) is 5.78 Å². The lowest BCUT2D eigenvalue weighted by Gasteiger charge is -2.39. The number of amides is 2. The number of Topliss-reactive ketones (excluding diaryl/α,β-unsaturated/α-hetero) is 1. The Bertz CT molecular complexity index is 2130. The summed E-state index contributed by atoms with van der Waals surface area (Å²) in [5, 5.41) is 10.7. The second kappa shape index (κ2) is 11.3. The van der Waals surface area contributed by atoms with Gasteiger partial charge in [-0.2, -0.15) is 0 Å². The van der Waals surface area contributed by atoms with Gasteiger partial charge < -0.3 is 5.11 Å². The average molecular weight is 705 g/mol. The summed E-state index contributed by atoms with van der Waals surface area (Å²) in [7, 11) is 0. The molecular formula is C40H24Cl3NO5. The summed E-state index contributed by atoms with van der Waals surface area (Å²) in [6, 6.07) is 36.6. The molecule has 5 aromatic rings. The van der Waals surface area contributed by atoms with Crippen LogP contribution in [0.25, 0.3) is 11.1 Å². The van der Waals surface area contributed by atoms with Crippen molar-refractivity contribution in [2.75, 3.05) is 4.90 Å². The quantitative estimate of drug-likeness (QED) is 0.179. The number of nitrogens with zero attached hydrogens (tertiary/aromatic N) is 1. The molecule has 2 bridgehead atoms. The molecule has 0 radical (unpaired) electrons. The van der Waals surface area contributed by atoms with Crippen LogP contribution >= 0.6 is 34.8 Å². The van der Waals surface area contributed by atoms with Gasteiger partial charge in [-0.15, -0.1) is 0 Å². The van der Waals surface area contributed by atoms with Gasteiger partial charge >= 0.3 is 5.97 Å². The maximum absolute atomic E-state index is 16.0. The minimum atomic E-state index is -1.65.